The van der Waals surface area contributed by atoms with Crippen molar-refractivity contribution in [2.45, 2.75) is 13.3 Å². The van der Waals surface area contributed by atoms with Gasteiger partial charge in [-0.05, 0) is 22.9 Å². The highest BCUT2D eigenvalue weighted by atomic mass is 79.9. The number of esters is 1. The largest absolute Gasteiger partial charge is 0.507 e. The van der Waals surface area contributed by atoms with Crippen LogP contribution >= 0.6 is 15.9 Å². The molecule has 25 heavy (non-hydrogen) atoms. The van der Waals surface area contributed by atoms with Crippen LogP contribution in [0.3, 0.4) is 0 Å². The summed E-state index contributed by atoms with van der Waals surface area (Å²) in [5.41, 5.74) is -0.293. The molecule has 1 aliphatic carbocycles. The van der Waals surface area contributed by atoms with Crippen molar-refractivity contribution < 1.29 is 29.3 Å². The van der Waals surface area contributed by atoms with E-state index < -0.39 is 29.0 Å². The molecule has 0 aromatic heterocycles. The van der Waals surface area contributed by atoms with E-state index in [0.29, 0.717) is 0 Å². The summed E-state index contributed by atoms with van der Waals surface area (Å²) < 4.78 is 4.82. The molecular weight excluding hydrogens is 392 g/mol. The van der Waals surface area contributed by atoms with Crippen LogP contribution in [0.25, 0.3) is 0 Å². The minimum atomic E-state index is -0.632. The first kappa shape index (κ1) is 17.2. The van der Waals surface area contributed by atoms with Gasteiger partial charge in [0.05, 0.1) is 28.6 Å². The van der Waals surface area contributed by atoms with Crippen LogP contribution in [0, 0.1) is 0 Å². The van der Waals surface area contributed by atoms with Crippen molar-refractivity contribution in [3.63, 3.8) is 0 Å². The Morgan fingerprint density at radius 3 is 2.08 bits per heavy atom. The standard InChI is InChI=1S/C18H13BrO6/c1-2-25-11(20)7-10-14(19)18(24)13-12(17(10)23)15(21)8-5-3-4-6-9(8)16(13)22/h3-6,23-24H,2,7H2,1H3. The Bertz CT molecular complexity index is 932. The van der Waals surface area contributed by atoms with E-state index >= 15 is 0 Å². The van der Waals surface area contributed by atoms with E-state index in [1.807, 2.05) is 0 Å². The number of carbonyl (C=O) groups excluding carboxylic acids is 3. The second kappa shape index (κ2) is 6.33. The molecule has 0 aliphatic heterocycles. The van der Waals surface area contributed by atoms with Gasteiger partial charge in [0.1, 0.15) is 11.5 Å². The molecule has 0 amide bonds. The minimum absolute atomic E-state index is 0.00442. The van der Waals surface area contributed by atoms with Crippen LogP contribution in [0.5, 0.6) is 11.5 Å². The second-order valence-electron chi connectivity index (χ2n) is 5.43. The smallest absolute Gasteiger partial charge is 0.310 e. The van der Waals surface area contributed by atoms with E-state index in [2.05, 4.69) is 15.9 Å². The molecule has 1 aliphatic rings. The third kappa shape index (κ3) is 2.60. The Hall–Kier alpha value is -2.67. The average molecular weight is 405 g/mol. The topological polar surface area (TPSA) is 101 Å². The van der Waals surface area contributed by atoms with Gasteiger partial charge in [-0.25, -0.2) is 0 Å². The number of hydrogen-bond acceptors (Lipinski definition) is 6. The fourth-order valence-electron chi connectivity index (χ4n) is 2.85. The molecule has 0 fully saturated rings. The van der Waals surface area contributed by atoms with Gasteiger partial charge in [0.15, 0.2) is 11.6 Å². The predicted octanol–water partition coefficient (Wildman–Crippen LogP) is 2.74. The molecule has 0 heterocycles. The normalized spacial score (nSPS) is 12.6. The molecule has 2 aromatic rings. The molecule has 6 nitrogen and oxygen atoms in total. The highest BCUT2D eigenvalue weighted by molar-refractivity contribution is 9.10. The van der Waals surface area contributed by atoms with Gasteiger partial charge in [0.25, 0.3) is 0 Å². The number of ether oxygens (including phenoxy) is 1. The Labute approximate surface area is 151 Å². The number of carbonyl (C=O) groups is 3. The van der Waals surface area contributed by atoms with E-state index in [9.17, 15) is 24.6 Å². The second-order valence-corrected chi connectivity index (χ2v) is 6.22. The minimum Gasteiger partial charge on any atom is -0.507 e. The fourth-order valence-corrected chi connectivity index (χ4v) is 3.38. The number of phenolic OH excluding ortho intramolecular Hbond substituents is 2. The molecule has 0 saturated heterocycles. The number of fused-ring (bicyclic) bond motifs is 2. The zero-order valence-electron chi connectivity index (χ0n) is 13.1. The van der Waals surface area contributed by atoms with Crippen molar-refractivity contribution in [3.8, 4) is 11.5 Å². The molecule has 3 rings (SSSR count). The van der Waals surface area contributed by atoms with Crippen molar-refractivity contribution in [1.82, 2.24) is 0 Å². The van der Waals surface area contributed by atoms with E-state index in [1.165, 1.54) is 12.1 Å². The number of ketones is 2. The Kier molecular flexibility index (Phi) is 4.34. The Morgan fingerprint density at radius 2 is 1.56 bits per heavy atom. The molecule has 0 bridgehead atoms. The summed E-state index contributed by atoms with van der Waals surface area (Å²) in [6.07, 6.45) is -0.357. The monoisotopic (exact) mass is 404 g/mol. The SMILES string of the molecule is CCOC(=O)Cc1c(O)c2c(c(O)c1Br)C(=O)c1ccccc1C2=O. The van der Waals surface area contributed by atoms with Crippen molar-refractivity contribution in [1.29, 1.82) is 0 Å². The van der Waals surface area contributed by atoms with Gasteiger partial charge in [-0.2, -0.15) is 0 Å². The Balaban J connectivity index is 2.24. The molecule has 7 heteroatoms. The molecule has 0 saturated carbocycles. The van der Waals surface area contributed by atoms with Gasteiger partial charge in [0, 0.05) is 16.7 Å². The predicted molar refractivity (Wildman–Crippen MR) is 91.1 cm³/mol. The maximum absolute atomic E-state index is 12.7. The third-order valence-corrected chi connectivity index (χ3v) is 4.83. The molecule has 2 N–H and O–H groups in total. The van der Waals surface area contributed by atoms with E-state index in [4.69, 9.17) is 4.74 Å². The number of hydrogen-bond donors (Lipinski definition) is 2. The lowest BCUT2D eigenvalue weighted by Crippen LogP contribution is -2.22. The van der Waals surface area contributed by atoms with E-state index in [1.54, 1.807) is 19.1 Å². The van der Waals surface area contributed by atoms with Crippen molar-refractivity contribution in [2.75, 3.05) is 6.61 Å². The zero-order valence-corrected chi connectivity index (χ0v) is 14.7. The van der Waals surface area contributed by atoms with Gasteiger partial charge in [0.2, 0.25) is 0 Å². The fraction of sp³-hybridized carbons (Fsp3) is 0.167. The van der Waals surface area contributed by atoms with E-state index in [-0.39, 0.29) is 45.3 Å². The lowest BCUT2D eigenvalue weighted by molar-refractivity contribution is -0.142. The molecular formula is C18H13BrO6. The summed E-state index contributed by atoms with van der Waals surface area (Å²) >= 11 is 3.10. The number of rotatable bonds is 3. The summed E-state index contributed by atoms with van der Waals surface area (Å²) in [6.45, 7) is 1.79. The van der Waals surface area contributed by atoms with Crippen LogP contribution in [0.2, 0.25) is 0 Å². The zero-order chi connectivity index (χ0) is 18.3. The van der Waals surface area contributed by atoms with Crippen molar-refractivity contribution in [2.24, 2.45) is 0 Å². The highest BCUT2D eigenvalue weighted by Crippen LogP contribution is 2.45. The number of phenols is 2. The van der Waals surface area contributed by atoms with Crippen molar-refractivity contribution in [3.05, 3.63) is 56.6 Å². The number of benzene rings is 2. The maximum atomic E-state index is 12.7. The number of aromatic hydroxyl groups is 2. The van der Waals surface area contributed by atoms with Gasteiger partial charge in [-0.15, -0.1) is 0 Å². The van der Waals surface area contributed by atoms with Gasteiger partial charge >= 0.3 is 5.97 Å². The maximum Gasteiger partial charge on any atom is 0.310 e. The van der Waals surface area contributed by atoms with Crippen LogP contribution in [0.15, 0.2) is 28.7 Å². The summed E-state index contributed by atoms with van der Waals surface area (Å²) in [7, 11) is 0. The quantitative estimate of drug-likeness (QED) is 0.514. The lowest BCUT2D eigenvalue weighted by Gasteiger charge is -2.22. The molecule has 0 radical (unpaired) electrons. The first-order chi connectivity index (χ1) is 11.9. The van der Waals surface area contributed by atoms with Crippen molar-refractivity contribution >= 4 is 33.5 Å². The molecule has 128 valence electrons. The van der Waals surface area contributed by atoms with E-state index in [0.717, 1.165) is 0 Å². The van der Waals surface area contributed by atoms with Gasteiger partial charge in [-0.3, -0.25) is 14.4 Å². The number of halogens is 1. The van der Waals surface area contributed by atoms with Crippen LogP contribution in [0.4, 0.5) is 0 Å². The molecule has 2 aromatic carbocycles. The van der Waals surface area contributed by atoms with Crippen LogP contribution in [-0.2, 0) is 16.0 Å². The summed E-state index contributed by atoms with van der Waals surface area (Å²) in [5.74, 6) is -2.79. The molecule has 0 spiro atoms. The lowest BCUT2D eigenvalue weighted by atomic mass is 9.82. The summed E-state index contributed by atoms with van der Waals surface area (Å²) in [5, 5.41) is 21.0. The van der Waals surface area contributed by atoms with Gasteiger partial charge in [-0.1, -0.05) is 24.3 Å². The van der Waals surface area contributed by atoms with Gasteiger partial charge < -0.3 is 14.9 Å². The summed E-state index contributed by atoms with van der Waals surface area (Å²) in [6, 6.07) is 6.16. The Morgan fingerprint density at radius 1 is 1.04 bits per heavy atom. The van der Waals surface area contributed by atoms with Crippen LogP contribution in [0.1, 0.15) is 44.3 Å². The highest BCUT2D eigenvalue weighted by Gasteiger charge is 2.37. The first-order valence-corrected chi connectivity index (χ1v) is 8.28. The molecule has 0 atom stereocenters. The average Bonchev–Trinajstić information content (AvgIpc) is 2.60. The van der Waals surface area contributed by atoms with Crippen LogP contribution in [-0.4, -0.2) is 34.4 Å². The third-order valence-electron chi connectivity index (χ3n) is 3.98. The van der Waals surface area contributed by atoms with Crippen LogP contribution < -0.4 is 0 Å². The summed E-state index contributed by atoms with van der Waals surface area (Å²) in [4.78, 5) is 37.2. The molecule has 0 unspecified atom stereocenters. The first-order valence-electron chi connectivity index (χ1n) is 7.48.